The fourth-order valence-electron chi connectivity index (χ4n) is 1.33. The fraction of sp³-hybridized carbons (Fsp3) is 0.231. The highest BCUT2D eigenvalue weighted by Crippen LogP contribution is 2.24. The Morgan fingerprint density at radius 3 is 2.82 bits per heavy atom. The molecule has 3 nitrogen and oxygen atoms in total. The van der Waals surface area contributed by atoms with Gasteiger partial charge in [-0.2, -0.15) is 5.26 Å². The number of methoxy groups -OCH3 is 1. The second-order valence-corrected chi connectivity index (χ2v) is 4.18. The van der Waals surface area contributed by atoms with Gasteiger partial charge in [0.2, 0.25) is 0 Å². The van der Waals surface area contributed by atoms with Crippen molar-refractivity contribution in [1.29, 1.82) is 5.26 Å². The summed E-state index contributed by atoms with van der Waals surface area (Å²) in [4.78, 5) is 10.9. The Hall–Kier alpha value is -1.60. The van der Waals surface area contributed by atoms with Crippen molar-refractivity contribution in [2.45, 2.75) is 12.8 Å². The summed E-state index contributed by atoms with van der Waals surface area (Å²) in [6.45, 7) is 0. The van der Waals surface area contributed by atoms with Crippen LogP contribution in [0.25, 0.3) is 5.57 Å². The molecule has 4 heteroatoms. The second kappa shape index (κ2) is 6.87. The molecule has 0 unspecified atom stereocenters. The molecule has 0 aliphatic carbocycles. The third-order valence-electron chi connectivity index (χ3n) is 2.21. The van der Waals surface area contributed by atoms with Crippen molar-refractivity contribution in [1.82, 2.24) is 0 Å². The maximum Gasteiger partial charge on any atom is 0.305 e. The van der Waals surface area contributed by atoms with E-state index in [1.807, 2.05) is 24.3 Å². The van der Waals surface area contributed by atoms with Crippen LogP contribution in [0.4, 0.5) is 0 Å². The molecule has 0 saturated heterocycles. The number of hydrogen-bond acceptors (Lipinski definition) is 3. The standard InChI is InChI=1S/C13H12BrNO2/c1-17-13(16)8-4-5-10(9-15)11-6-2-3-7-12(11)14/h2-3,5-7H,4,8H2,1H3/b10-5+. The molecule has 0 saturated carbocycles. The molecule has 1 rings (SSSR count). The van der Waals surface area contributed by atoms with Gasteiger partial charge in [0, 0.05) is 16.5 Å². The molecule has 0 bridgehead atoms. The molecule has 0 aliphatic rings. The highest BCUT2D eigenvalue weighted by Gasteiger charge is 2.05. The Morgan fingerprint density at radius 2 is 2.24 bits per heavy atom. The third-order valence-corrected chi connectivity index (χ3v) is 2.90. The molecular weight excluding hydrogens is 282 g/mol. The van der Waals surface area contributed by atoms with E-state index in [1.165, 1.54) is 7.11 Å². The third kappa shape index (κ3) is 4.04. The van der Waals surface area contributed by atoms with Gasteiger partial charge in [-0.25, -0.2) is 0 Å². The van der Waals surface area contributed by atoms with Gasteiger partial charge in [-0.15, -0.1) is 0 Å². The molecule has 0 heterocycles. The predicted octanol–water partition coefficient (Wildman–Crippen LogP) is 3.31. The molecule has 0 aromatic heterocycles. The predicted molar refractivity (Wildman–Crippen MR) is 69.0 cm³/mol. The van der Waals surface area contributed by atoms with E-state index in [9.17, 15) is 4.79 Å². The van der Waals surface area contributed by atoms with Gasteiger partial charge in [0.15, 0.2) is 0 Å². The van der Waals surface area contributed by atoms with Gasteiger partial charge < -0.3 is 4.74 Å². The van der Waals surface area contributed by atoms with Crippen molar-refractivity contribution >= 4 is 27.5 Å². The number of hydrogen-bond donors (Lipinski definition) is 0. The summed E-state index contributed by atoms with van der Waals surface area (Å²) < 4.78 is 5.40. The average molecular weight is 294 g/mol. The van der Waals surface area contributed by atoms with Crippen molar-refractivity contribution in [2.24, 2.45) is 0 Å². The second-order valence-electron chi connectivity index (χ2n) is 3.32. The maximum atomic E-state index is 10.9. The van der Waals surface area contributed by atoms with Gasteiger partial charge in [0.1, 0.15) is 0 Å². The summed E-state index contributed by atoms with van der Waals surface area (Å²) in [5.41, 5.74) is 1.39. The van der Waals surface area contributed by atoms with Crippen molar-refractivity contribution in [3.05, 3.63) is 40.4 Å². The fourth-order valence-corrected chi connectivity index (χ4v) is 1.83. The first kappa shape index (κ1) is 13.5. The van der Waals surface area contributed by atoms with Crippen molar-refractivity contribution in [3.63, 3.8) is 0 Å². The molecule has 1 aromatic carbocycles. The topological polar surface area (TPSA) is 50.1 Å². The lowest BCUT2D eigenvalue weighted by Gasteiger charge is -2.02. The van der Waals surface area contributed by atoms with Crippen molar-refractivity contribution < 1.29 is 9.53 Å². The van der Waals surface area contributed by atoms with Crippen LogP contribution in [0.5, 0.6) is 0 Å². The Kier molecular flexibility index (Phi) is 5.44. The molecular formula is C13H12BrNO2. The summed E-state index contributed by atoms with van der Waals surface area (Å²) >= 11 is 3.39. The molecule has 0 N–H and O–H groups in total. The SMILES string of the molecule is COC(=O)CC/C=C(\C#N)c1ccccc1Br. The molecule has 1 aromatic rings. The molecule has 0 spiro atoms. The molecule has 17 heavy (non-hydrogen) atoms. The summed E-state index contributed by atoms with van der Waals surface area (Å²) in [5, 5.41) is 9.07. The number of esters is 1. The van der Waals surface area contributed by atoms with E-state index in [0.717, 1.165) is 10.0 Å². The summed E-state index contributed by atoms with van der Waals surface area (Å²) in [5.74, 6) is -0.273. The zero-order chi connectivity index (χ0) is 12.7. The first-order chi connectivity index (χ1) is 8.19. The molecule has 0 atom stereocenters. The van der Waals surface area contributed by atoms with Crippen molar-refractivity contribution in [2.75, 3.05) is 7.11 Å². The first-order valence-corrected chi connectivity index (χ1v) is 5.90. The van der Waals surface area contributed by atoms with E-state index in [2.05, 4.69) is 26.7 Å². The zero-order valence-corrected chi connectivity index (χ0v) is 11.0. The van der Waals surface area contributed by atoms with Crippen LogP contribution in [-0.4, -0.2) is 13.1 Å². The summed E-state index contributed by atoms with van der Waals surface area (Å²) in [6, 6.07) is 9.62. The lowest BCUT2D eigenvalue weighted by molar-refractivity contribution is -0.140. The first-order valence-electron chi connectivity index (χ1n) is 5.11. The van der Waals surface area contributed by atoms with E-state index in [-0.39, 0.29) is 12.4 Å². The van der Waals surface area contributed by atoms with E-state index < -0.39 is 0 Å². The Balaban J connectivity index is 2.79. The number of nitriles is 1. The number of carbonyl (C=O) groups is 1. The number of rotatable bonds is 4. The molecule has 0 radical (unpaired) electrons. The van der Waals surface area contributed by atoms with Gasteiger partial charge in [0.25, 0.3) is 0 Å². The zero-order valence-electron chi connectivity index (χ0n) is 9.44. The summed E-state index contributed by atoms with van der Waals surface area (Å²) in [6.07, 6.45) is 2.53. The van der Waals surface area contributed by atoms with Crippen LogP contribution in [0, 0.1) is 11.3 Å². The van der Waals surface area contributed by atoms with Crippen molar-refractivity contribution in [3.8, 4) is 6.07 Å². The maximum absolute atomic E-state index is 10.9. The highest BCUT2D eigenvalue weighted by molar-refractivity contribution is 9.10. The van der Waals surface area contributed by atoms with Crippen LogP contribution >= 0.6 is 15.9 Å². The molecule has 0 aliphatic heterocycles. The number of ether oxygens (including phenoxy) is 1. The van der Waals surface area contributed by atoms with Crippen LogP contribution in [0.15, 0.2) is 34.8 Å². The van der Waals surface area contributed by atoms with Crippen LogP contribution in [0.2, 0.25) is 0 Å². The van der Waals surface area contributed by atoms with Gasteiger partial charge >= 0.3 is 5.97 Å². The molecule has 0 fully saturated rings. The van der Waals surface area contributed by atoms with E-state index in [1.54, 1.807) is 6.08 Å². The molecule has 0 amide bonds. The summed E-state index contributed by atoms with van der Waals surface area (Å²) in [7, 11) is 1.35. The Labute approximate surface area is 109 Å². The monoisotopic (exact) mass is 293 g/mol. The van der Waals surface area contributed by atoms with Crippen LogP contribution < -0.4 is 0 Å². The number of benzene rings is 1. The minimum absolute atomic E-state index is 0.273. The highest BCUT2D eigenvalue weighted by atomic mass is 79.9. The van der Waals surface area contributed by atoms with E-state index in [0.29, 0.717) is 12.0 Å². The normalized spacial score (nSPS) is 10.8. The van der Waals surface area contributed by atoms with E-state index >= 15 is 0 Å². The molecule has 88 valence electrons. The van der Waals surface area contributed by atoms with Gasteiger partial charge in [0.05, 0.1) is 18.8 Å². The minimum Gasteiger partial charge on any atom is -0.469 e. The van der Waals surface area contributed by atoms with Crippen LogP contribution in [-0.2, 0) is 9.53 Å². The number of halogens is 1. The smallest absolute Gasteiger partial charge is 0.305 e. The van der Waals surface area contributed by atoms with Gasteiger partial charge in [-0.05, 0) is 12.5 Å². The number of nitrogens with zero attached hydrogens (tertiary/aromatic N) is 1. The lowest BCUT2D eigenvalue weighted by atomic mass is 10.1. The average Bonchev–Trinajstić information content (AvgIpc) is 2.35. The lowest BCUT2D eigenvalue weighted by Crippen LogP contribution is -1.98. The Morgan fingerprint density at radius 1 is 1.53 bits per heavy atom. The largest absolute Gasteiger partial charge is 0.469 e. The minimum atomic E-state index is -0.273. The number of carbonyl (C=O) groups excluding carboxylic acids is 1. The van der Waals surface area contributed by atoms with Gasteiger partial charge in [-0.1, -0.05) is 40.2 Å². The van der Waals surface area contributed by atoms with Crippen LogP contribution in [0.1, 0.15) is 18.4 Å². The van der Waals surface area contributed by atoms with Crippen LogP contribution in [0.3, 0.4) is 0 Å². The quantitative estimate of drug-likeness (QED) is 0.632. The number of allylic oxidation sites excluding steroid dienone is 2. The van der Waals surface area contributed by atoms with Gasteiger partial charge in [-0.3, -0.25) is 4.79 Å². The Bertz CT molecular complexity index is 475. The van der Waals surface area contributed by atoms with E-state index in [4.69, 9.17) is 5.26 Å².